The summed E-state index contributed by atoms with van der Waals surface area (Å²) in [5.41, 5.74) is 4.71. The van der Waals surface area contributed by atoms with Gasteiger partial charge in [0.2, 0.25) is 0 Å². The standard InChI is InChI=1S/C15H13BrCl2/c1-9-6-7-11(10(2)8-9)14(16)12-4-3-5-13(17)15(12)18/h3-8,14H,1-2H3. The van der Waals surface area contributed by atoms with Crippen molar-refractivity contribution in [2.75, 3.05) is 0 Å². The predicted octanol–water partition coefficient (Wildman–Crippen LogP) is 6.09. The molecule has 0 bridgehead atoms. The summed E-state index contributed by atoms with van der Waals surface area (Å²) in [5.74, 6) is 0. The van der Waals surface area contributed by atoms with Crippen LogP contribution < -0.4 is 0 Å². The van der Waals surface area contributed by atoms with Crippen LogP contribution in [0, 0.1) is 13.8 Å². The largest absolute Gasteiger partial charge is 0.0827 e. The van der Waals surface area contributed by atoms with Crippen LogP contribution in [-0.4, -0.2) is 0 Å². The zero-order valence-electron chi connectivity index (χ0n) is 10.2. The van der Waals surface area contributed by atoms with E-state index in [2.05, 4.69) is 48.0 Å². The van der Waals surface area contributed by atoms with E-state index in [9.17, 15) is 0 Å². The van der Waals surface area contributed by atoms with Gasteiger partial charge in [-0.05, 0) is 36.6 Å². The Hall–Kier alpha value is -0.500. The molecular formula is C15H13BrCl2. The summed E-state index contributed by atoms with van der Waals surface area (Å²) in [4.78, 5) is 0.0595. The molecule has 18 heavy (non-hydrogen) atoms. The monoisotopic (exact) mass is 342 g/mol. The zero-order valence-corrected chi connectivity index (χ0v) is 13.3. The van der Waals surface area contributed by atoms with Crippen molar-refractivity contribution in [3.63, 3.8) is 0 Å². The van der Waals surface area contributed by atoms with E-state index in [1.54, 1.807) is 6.07 Å². The van der Waals surface area contributed by atoms with Crippen LogP contribution in [0.5, 0.6) is 0 Å². The lowest BCUT2D eigenvalue weighted by atomic mass is 9.99. The van der Waals surface area contributed by atoms with Gasteiger partial charge in [0.15, 0.2) is 0 Å². The lowest BCUT2D eigenvalue weighted by Gasteiger charge is -2.16. The summed E-state index contributed by atoms with van der Waals surface area (Å²) in [6.07, 6.45) is 0. The number of hydrogen-bond acceptors (Lipinski definition) is 0. The minimum Gasteiger partial charge on any atom is -0.0827 e. The number of rotatable bonds is 2. The molecule has 0 fully saturated rings. The van der Waals surface area contributed by atoms with Crippen LogP contribution in [0.1, 0.15) is 27.1 Å². The number of benzene rings is 2. The molecule has 0 saturated carbocycles. The minimum absolute atomic E-state index is 0.0595. The van der Waals surface area contributed by atoms with Gasteiger partial charge in [0.25, 0.3) is 0 Å². The van der Waals surface area contributed by atoms with E-state index in [1.807, 2.05) is 12.1 Å². The van der Waals surface area contributed by atoms with E-state index in [1.165, 1.54) is 16.7 Å². The van der Waals surface area contributed by atoms with Gasteiger partial charge in [0.05, 0.1) is 14.9 Å². The zero-order chi connectivity index (χ0) is 13.3. The Labute approximate surface area is 126 Å². The first-order chi connectivity index (χ1) is 8.50. The number of halogens is 3. The summed E-state index contributed by atoms with van der Waals surface area (Å²) < 4.78 is 0. The van der Waals surface area contributed by atoms with Crippen LogP contribution in [-0.2, 0) is 0 Å². The Morgan fingerprint density at radius 1 is 1.00 bits per heavy atom. The van der Waals surface area contributed by atoms with E-state index in [0.29, 0.717) is 10.0 Å². The van der Waals surface area contributed by atoms with Gasteiger partial charge in [-0.3, -0.25) is 0 Å². The first-order valence-corrected chi connectivity index (χ1v) is 7.33. The van der Waals surface area contributed by atoms with Crippen molar-refractivity contribution in [1.82, 2.24) is 0 Å². The smallest absolute Gasteiger partial charge is 0.0662 e. The maximum atomic E-state index is 6.26. The Bertz CT molecular complexity index is 579. The van der Waals surface area contributed by atoms with Gasteiger partial charge in [-0.25, -0.2) is 0 Å². The normalized spacial score (nSPS) is 12.5. The molecule has 1 atom stereocenters. The first kappa shape index (κ1) is 13.9. The average Bonchev–Trinajstić information content (AvgIpc) is 2.32. The molecule has 1 unspecified atom stereocenters. The minimum atomic E-state index is 0.0595. The van der Waals surface area contributed by atoms with Gasteiger partial charge < -0.3 is 0 Å². The maximum Gasteiger partial charge on any atom is 0.0662 e. The van der Waals surface area contributed by atoms with Gasteiger partial charge in [-0.15, -0.1) is 0 Å². The Kier molecular flexibility index (Phi) is 4.37. The topological polar surface area (TPSA) is 0 Å². The Morgan fingerprint density at radius 2 is 1.72 bits per heavy atom. The van der Waals surface area contributed by atoms with E-state index >= 15 is 0 Å². The lowest BCUT2D eigenvalue weighted by Crippen LogP contribution is -1.97. The Morgan fingerprint density at radius 3 is 2.39 bits per heavy atom. The molecule has 0 N–H and O–H groups in total. The number of aryl methyl sites for hydroxylation is 2. The summed E-state index contributed by atoms with van der Waals surface area (Å²) in [7, 11) is 0. The fourth-order valence-corrected chi connectivity index (χ4v) is 3.44. The van der Waals surface area contributed by atoms with Crippen LogP contribution in [0.3, 0.4) is 0 Å². The molecule has 0 aliphatic heterocycles. The third kappa shape index (κ3) is 2.74. The van der Waals surface area contributed by atoms with Crippen LogP contribution in [0.2, 0.25) is 10.0 Å². The van der Waals surface area contributed by atoms with E-state index in [0.717, 1.165) is 5.56 Å². The van der Waals surface area contributed by atoms with Gasteiger partial charge in [-0.1, -0.05) is 75.0 Å². The summed E-state index contributed by atoms with van der Waals surface area (Å²) >= 11 is 16.0. The van der Waals surface area contributed by atoms with Crippen molar-refractivity contribution >= 4 is 39.1 Å². The highest BCUT2D eigenvalue weighted by molar-refractivity contribution is 9.09. The molecule has 0 aliphatic rings. The second-order valence-corrected chi connectivity index (χ2v) is 6.07. The lowest BCUT2D eigenvalue weighted by molar-refractivity contribution is 1.14. The third-order valence-electron chi connectivity index (χ3n) is 2.95. The van der Waals surface area contributed by atoms with E-state index < -0.39 is 0 Å². The molecule has 2 rings (SSSR count). The fraction of sp³-hybridized carbons (Fsp3) is 0.200. The highest BCUT2D eigenvalue weighted by Crippen LogP contribution is 2.39. The Balaban J connectivity index is 2.48. The van der Waals surface area contributed by atoms with E-state index in [-0.39, 0.29) is 4.83 Å². The summed E-state index contributed by atoms with van der Waals surface area (Å²) in [6.45, 7) is 4.20. The molecule has 0 spiro atoms. The van der Waals surface area contributed by atoms with Crippen molar-refractivity contribution in [2.24, 2.45) is 0 Å². The van der Waals surface area contributed by atoms with Crippen LogP contribution in [0.25, 0.3) is 0 Å². The second-order valence-electron chi connectivity index (χ2n) is 4.37. The molecule has 0 radical (unpaired) electrons. The summed E-state index contributed by atoms with van der Waals surface area (Å²) in [5, 5.41) is 1.20. The average molecular weight is 344 g/mol. The maximum absolute atomic E-state index is 6.26. The van der Waals surface area contributed by atoms with Gasteiger partial charge in [0.1, 0.15) is 0 Å². The van der Waals surface area contributed by atoms with Gasteiger partial charge in [-0.2, -0.15) is 0 Å². The molecule has 0 saturated heterocycles. The molecule has 0 aromatic heterocycles. The number of hydrogen-bond donors (Lipinski definition) is 0. The van der Waals surface area contributed by atoms with Gasteiger partial charge in [0, 0.05) is 0 Å². The molecule has 94 valence electrons. The highest BCUT2D eigenvalue weighted by atomic mass is 79.9. The molecule has 0 aliphatic carbocycles. The number of alkyl halides is 1. The van der Waals surface area contributed by atoms with Gasteiger partial charge >= 0.3 is 0 Å². The van der Waals surface area contributed by atoms with Crippen LogP contribution in [0.4, 0.5) is 0 Å². The molecule has 0 heterocycles. The van der Waals surface area contributed by atoms with Crippen molar-refractivity contribution in [1.29, 1.82) is 0 Å². The van der Waals surface area contributed by atoms with Crippen molar-refractivity contribution in [2.45, 2.75) is 18.7 Å². The molecule has 2 aromatic rings. The van der Waals surface area contributed by atoms with Crippen molar-refractivity contribution < 1.29 is 0 Å². The first-order valence-electron chi connectivity index (χ1n) is 5.66. The van der Waals surface area contributed by atoms with Crippen LogP contribution >= 0.6 is 39.1 Å². The quantitative estimate of drug-likeness (QED) is 0.578. The molecular weight excluding hydrogens is 331 g/mol. The molecule has 0 nitrogen and oxygen atoms in total. The van der Waals surface area contributed by atoms with Crippen LogP contribution in [0.15, 0.2) is 36.4 Å². The molecule has 2 aromatic carbocycles. The fourth-order valence-electron chi connectivity index (χ4n) is 1.99. The molecule has 0 amide bonds. The highest BCUT2D eigenvalue weighted by Gasteiger charge is 2.17. The van der Waals surface area contributed by atoms with E-state index in [4.69, 9.17) is 23.2 Å². The predicted molar refractivity (Wildman–Crippen MR) is 83.1 cm³/mol. The SMILES string of the molecule is Cc1ccc(C(Br)c2cccc(Cl)c2Cl)c(C)c1. The van der Waals surface area contributed by atoms with Crippen molar-refractivity contribution in [3.8, 4) is 0 Å². The molecule has 3 heteroatoms. The third-order valence-corrected chi connectivity index (χ3v) is 4.77. The second kappa shape index (κ2) is 5.64. The summed E-state index contributed by atoms with van der Waals surface area (Å²) in [6, 6.07) is 12.1. The van der Waals surface area contributed by atoms with Crippen molar-refractivity contribution in [3.05, 3.63) is 68.7 Å².